The van der Waals surface area contributed by atoms with E-state index in [2.05, 4.69) is 10.3 Å². The zero-order valence-electron chi connectivity index (χ0n) is 8.35. The van der Waals surface area contributed by atoms with Crippen LogP contribution < -0.4 is 5.48 Å². The standard InChI is InChI=1S/C10H12FNO2/c1-6-5-9(11)7(2)4-8(6)10(13)12-14-3/h4-5H,1-3H3,(H,12,13). The molecule has 76 valence electrons. The normalized spacial score (nSPS) is 10.0. The molecule has 1 N–H and O–H groups in total. The number of aryl methyl sites for hydroxylation is 2. The number of benzene rings is 1. The monoisotopic (exact) mass is 197 g/mol. The number of carbonyl (C=O) groups is 1. The molecule has 1 rings (SSSR count). The van der Waals surface area contributed by atoms with E-state index in [-0.39, 0.29) is 11.7 Å². The van der Waals surface area contributed by atoms with Gasteiger partial charge in [-0.1, -0.05) is 0 Å². The molecule has 1 amide bonds. The van der Waals surface area contributed by atoms with Gasteiger partial charge in [0.15, 0.2) is 0 Å². The van der Waals surface area contributed by atoms with Crippen molar-refractivity contribution >= 4 is 5.91 Å². The fourth-order valence-electron chi connectivity index (χ4n) is 1.17. The maximum Gasteiger partial charge on any atom is 0.275 e. The van der Waals surface area contributed by atoms with E-state index in [1.54, 1.807) is 13.8 Å². The largest absolute Gasteiger partial charge is 0.277 e. The van der Waals surface area contributed by atoms with Gasteiger partial charge in [0.05, 0.1) is 7.11 Å². The molecule has 0 fully saturated rings. The third-order valence-corrected chi connectivity index (χ3v) is 1.95. The lowest BCUT2D eigenvalue weighted by Crippen LogP contribution is -2.22. The highest BCUT2D eigenvalue weighted by atomic mass is 19.1. The number of hydrogen-bond acceptors (Lipinski definition) is 2. The molecule has 0 atom stereocenters. The molecular formula is C10H12FNO2. The van der Waals surface area contributed by atoms with Gasteiger partial charge in [0.2, 0.25) is 0 Å². The summed E-state index contributed by atoms with van der Waals surface area (Å²) in [4.78, 5) is 15.9. The Bertz CT molecular complexity index is 363. The van der Waals surface area contributed by atoms with Crippen molar-refractivity contribution in [2.75, 3.05) is 7.11 Å². The van der Waals surface area contributed by atoms with Crippen molar-refractivity contribution < 1.29 is 14.0 Å². The highest BCUT2D eigenvalue weighted by molar-refractivity contribution is 5.95. The average molecular weight is 197 g/mol. The van der Waals surface area contributed by atoms with E-state index >= 15 is 0 Å². The van der Waals surface area contributed by atoms with E-state index in [9.17, 15) is 9.18 Å². The average Bonchev–Trinajstić information content (AvgIpc) is 2.11. The van der Waals surface area contributed by atoms with Crippen LogP contribution >= 0.6 is 0 Å². The summed E-state index contributed by atoms with van der Waals surface area (Å²) in [6, 6.07) is 2.83. The number of nitrogens with one attached hydrogen (secondary N) is 1. The number of rotatable bonds is 2. The van der Waals surface area contributed by atoms with Gasteiger partial charge in [-0.2, -0.15) is 0 Å². The molecule has 0 spiro atoms. The molecule has 0 aliphatic carbocycles. The first-order valence-corrected chi connectivity index (χ1v) is 4.16. The number of hydroxylamine groups is 1. The summed E-state index contributed by atoms with van der Waals surface area (Å²) in [6.45, 7) is 3.28. The van der Waals surface area contributed by atoms with Crippen LogP contribution in [0.4, 0.5) is 4.39 Å². The molecule has 0 unspecified atom stereocenters. The molecule has 0 saturated carbocycles. The number of amides is 1. The van der Waals surface area contributed by atoms with E-state index in [0.717, 1.165) is 0 Å². The van der Waals surface area contributed by atoms with Crippen LogP contribution in [0.1, 0.15) is 21.5 Å². The Morgan fingerprint density at radius 3 is 2.57 bits per heavy atom. The Morgan fingerprint density at radius 1 is 1.36 bits per heavy atom. The second-order valence-electron chi connectivity index (χ2n) is 3.05. The van der Waals surface area contributed by atoms with Crippen molar-refractivity contribution in [3.63, 3.8) is 0 Å². The molecule has 0 aliphatic heterocycles. The molecule has 1 aromatic rings. The molecule has 14 heavy (non-hydrogen) atoms. The predicted molar refractivity (Wildman–Crippen MR) is 50.3 cm³/mol. The first-order valence-electron chi connectivity index (χ1n) is 4.16. The molecule has 0 bridgehead atoms. The molecule has 0 aromatic heterocycles. The number of hydrogen-bond donors (Lipinski definition) is 1. The second-order valence-corrected chi connectivity index (χ2v) is 3.05. The summed E-state index contributed by atoms with van der Waals surface area (Å²) in [5, 5.41) is 0. The van der Waals surface area contributed by atoms with Crippen LogP contribution in [0.2, 0.25) is 0 Å². The Kier molecular flexibility index (Phi) is 3.19. The molecule has 1 aromatic carbocycles. The lowest BCUT2D eigenvalue weighted by atomic mass is 10.0. The lowest BCUT2D eigenvalue weighted by Gasteiger charge is -2.07. The van der Waals surface area contributed by atoms with Crippen molar-refractivity contribution in [2.24, 2.45) is 0 Å². The van der Waals surface area contributed by atoms with Crippen LogP contribution in [-0.4, -0.2) is 13.0 Å². The van der Waals surface area contributed by atoms with Crippen molar-refractivity contribution in [1.82, 2.24) is 5.48 Å². The summed E-state index contributed by atoms with van der Waals surface area (Å²) in [5.74, 6) is -0.676. The zero-order chi connectivity index (χ0) is 10.7. The first kappa shape index (κ1) is 10.7. The van der Waals surface area contributed by atoms with Crippen LogP contribution in [0, 0.1) is 19.7 Å². The third kappa shape index (κ3) is 2.09. The zero-order valence-corrected chi connectivity index (χ0v) is 8.35. The smallest absolute Gasteiger partial charge is 0.275 e. The summed E-state index contributed by atoms with van der Waals surface area (Å²) >= 11 is 0. The van der Waals surface area contributed by atoms with Crippen LogP contribution in [-0.2, 0) is 4.84 Å². The van der Waals surface area contributed by atoms with Crippen LogP contribution in [0.3, 0.4) is 0 Å². The summed E-state index contributed by atoms with van der Waals surface area (Å²) in [6.07, 6.45) is 0. The predicted octanol–water partition coefficient (Wildman–Crippen LogP) is 1.73. The Hall–Kier alpha value is -1.42. The minimum atomic E-state index is -0.368. The maximum atomic E-state index is 13.0. The maximum absolute atomic E-state index is 13.0. The SMILES string of the molecule is CONC(=O)c1cc(C)c(F)cc1C. The molecule has 0 radical (unpaired) electrons. The van der Waals surface area contributed by atoms with E-state index in [4.69, 9.17) is 0 Å². The molecule has 0 aliphatic rings. The third-order valence-electron chi connectivity index (χ3n) is 1.95. The highest BCUT2D eigenvalue weighted by Gasteiger charge is 2.10. The van der Waals surface area contributed by atoms with Crippen LogP contribution in [0.5, 0.6) is 0 Å². The van der Waals surface area contributed by atoms with Gasteiger partial charge in [0.25, 0.3) is 5.91 Å². The fraction of sp³-hybridized carbons (Fsp3) is 0.300. The molecule has 4 heteroatoms. The minimum Gasteiger partial charge on any atom is -0.277 e. The van der Waals surface area contributed by atoms with Gasteiger partial charge in [-0.15, -0.1) is 0 Å². The summed E-state index contributed by atoms with van der Waals surface area (Å²) in [7, 11) is 1.35. The topological polar surface area (TPSA) is 38.3 Å². The second kappa shape index (κ2) is 4.19. The van der Waals surface area contributed by atoms with E-state index < -0.39 is 0 Å². The Morgan fingerprint density at radius 2 is 2.00 bits per heavy atom. The molecule has 0 heterocycles. The van der Waals surface area contributed by atoms with Gasteiger partial charge in [-0.05, 0) is 37.1 Å². The van der Waals surface area contributed by atoms with Gasteiger partial charge in [-0.25, -0.2) is 9.87 Å². The number of halogens is 1. The van der Waals surface area contributed by atoms with Gasteiger partial charge < -0.3 is 0 Å². The van der Waals surface area contributed by atoms with Crippen LogP contribution in [0.15, 0.2) is 12.1 Å². The fourth-order valence-corrected chi connectivity index (χ4v) is 1.17. The minimum absolute atomic E-state index is 0.309. The van der Waals surface area contributed by atoms with Gasteiger partial charge in [0, 0.05) is 5.56 Å². The Labute approximate surface area is 81.8 Å². The van der Waals surface area contributed by atoms with E-state index in [0.29, 0.717) is 16.7 Å². The van der Waals surface area contributed by atoms with Gasteiger partial charge in [0.1, 0.15) is 5.82 Å². The Balaban J connectivity index is 3.09. The molecule has 3 nitrogen and oxygen atoms in total. The quantitative estimate of drug-likeness (QED) is 0.733. The number of carbonyl (C=O) groups excluding carboxylic acids is 1. The van der Waals surface area contributed by atoms with Crippen molar-refractivity contribution in [3.05, 3.63) is 34.6 Å². The highest BCUT2D eigenvalue weighted by Crippen LogP contribution is 2.14. The van der Waals surface area contributed by atoms with E-state index in [1.807, 2.05) is 0 Å². The summed E-state index contributed by atoms with van der Waals surface area (Å²) < 4.78 is 13.0. The van der Waals surface area contributed by atoms with Crippen LogP contribution in [0.25, 0.3) is 0 Å². The van der Waals surface area contributed by atoms with Crippen molar-refractivity contribution in [3.8, 4) is 0 Å². The van der Waals surface area contributed by atoms with Crippen molar-refractivity contribution in [1.29, 1.82) is 0 Å². The summed E-state index contributed by atoms with van der Waals surface area (Å²) in [5.41, 5.74) is 3.64. The molecular weight excluding hydrogens is 185 g/mol. The van der Waals surface area contributed by atoms with Gasteiger partial charge in [-0.3, -0.25) is 9.63 Å². The van der Waals surface area contributed by atoms with Crippen molar-refractivity contribution in [2.45, 2.75) is 13.8 Å². The van der Waals surface area contributed by atoms with E-state index in [1.165, 1.54) is 19.2 Å². The van der Waals surface area contributed by atoms with Gasteiger partial charge >= 0.3 is 0 Å². The lowest BCUT2D eigenvalue weighted by molar-refractivity contribution is 0.0537. The molecule has 0 saturated heterocycles. The first-order chi connectivity index (χ1) is 6.56.